The number of halogens is 1. The Morgan fingerprint density at radius 1 is 1.73 bits per heavy atom. The maximum absolute atomic E-state index is 11.0. The van der Waals surface area contributed by atoms with Crippen LogP contribution in [0.5, 0.6) is 0 Å². The zero-order valence-electron chi connectivity index (χ0n) is 6.71. The molecular weight excluding hydrogens is 259 g/mol. The van der Waals surface area contributed by atoms with Crippen molar-refractivity contribution >= 4 is 28.6 Å². The molecule has 2 atom stereocenters. The minimum atomic E-state index is -0.588. The van der Waals surface area contributed by atoms with E-state index in [0.717, 1.165) is 0 Å². The summed E-state index contributed by atoms with van der Waals surface area (Å²) in [6.07, 6.45) is -0.588. The molecule has 0 aromatic rings. The summed E-state index contributed by atoms with van der Waals surface area (Å²) in [6, 6.07) is 0. The summed E-state index contributed by atoms with van der Waals surface area (Å²) in [5.74, 6) is -0.733. The average molecular weight is 272 g/mol. The largest absolute Gasteiger partial charge is 0.466 e. The number of esters is 1. The number of rotatable bonds is 4. The van der Waals surface area contributed by atoms with E-state index in [1.165, 1.54) is 0 Å². The minimum Gasteiger partial charge on any atom is -0.466 e. The van der Waals surface area contributed by atoms with Gasteiger partial charge in [-0.25, -0.2) is 0 Å². The van der Waals surface area contributed by atoms with Gasteiger partial charge in [-0.2, -0.15) is 0 Å². The number of alkyl halides is 1. The number of ether oxygens (including phenoxy) is 1. The summed E-state index contributed by atoms with van der Waals surface area (Å²) in [5.41, 5.74) is 0. The van der Waals surface area contributed by atoms with Crippen molar-refractivity contribution in [1.29, 1.82) is 0 Å². The van der Waals surface area contributed by atoms with Gasteiger partial charge in [-0.1, -0.05) is 22.6 Å². The molecule has 0 amide bonds. The Balaban J connectivity index is 3.80. The first-order chi connectivity index (χ1) is 5.13. The van der Waals surface area contributed by atoms with Crippen molar-refractivity contribution in [2.24, 2.45) is 5.92 Å². The van der Waals surface area contributed by atoms with E-state index in [-0.39, 0.29) is 5.97 Å². The van der Waals surface area contributed by atoms with Crippen LogP contribution in [-0.4, -0.2) is 28.2 Å². The van der Waals surface area contributed by atoms with Gasteiger partial charge in [-0.05, 0) is 13.8 Å². The standard InChI is InChI=1S/C7H13IO3/c1-3-11-7(10)5(2)6(9)4-8/h5-6,9H,3-4H2,1-2H3/t5-,6-/m0/s1. The summed E-state index contributed by atoms with van der Waals surface area (Å²) in [7, 11) is 0. The van der Waals surface area contributed by atoms with E-state index < -0.39 is 12.0 Å². The molecule has 0 rings (SSSR count). The highest BCUT2D eigenvalue weighted by Crippen LogP contribution is 2.07. The van der Waals surface area contributed by atoms with Gasteiger partial charge in [0.25, 0.3) is 0 Å². The van der Waals surface area contributed by atoms with Gasteiger partial charge in [-0.3, -0.25) is 4.79 Å². The van der Waals surface area contributed by atoms with Crippen LogP contribution in [0.25, 0.3) is 0 Å². The molecule has 0 aliphatic rings. The lowest BCUT2D eigenvalue weighted by Gasteiger charge is -2.14. The van der Waals surface area contributed by atoms with Gasteiger partial charge in [0.15, 0.2) is 0 Å². The molecule has 0 aromatic heterocycles. The van der Waals surface area contributed by atoms with E-state index in [9.17, 15) is 9.90 Å². The van der Waals surface area contributed by atoms with E-state index in [0.29, 0.717) is 11.0 Å². The van der Waals surface area contributed by atoms with Crippen LogP contribution in [0.4, 0.5) is 0 Å². The van der Waals surface area contributed by atoms with Crippen LogP contribution in [0.1, 0.15) is 13.8 Å². The molecule has 0 unspecified atom stereocenters. The van der Waals surface area contributed by atoms with Crippen molar-refractivity contribution in [3.05, 3.63) is 0 Å². The molecule has 0 saturated heterocycles. The van der Waals surface area contributed by atoms with Crippen molar-refractivity contribution in [3.8, 4) is 0 Å². The first-order valence-electron chi connectivity index (χ1n) is 3.54. The first-order valence-corrected chi connectivity index (χ1v) is 5.06. The maximum atomic E-state index is 11.0. The monoisotopic (exact) mass is 272 g/mol. The summed E-state index contributed by atoms with van der Waals surface area (Å²) in [4.78, 5) is 11.0. The molecular formula is C7H13IO3. The second-order valence-electron chi connectivity index (χ2n) is 2.26. The first kappa shape index (κ1) is 11.2. The third-order valence-corrected chi connectivity index (χ3v) is 2.30. The molecule has 3 nitrogen and oxygen atoms in total. The maximum Gasteiger partial charge on any atom is 0.311 e. The lowest BCUT2D eigenvalue weighted by molar-refractivity contribution is -0.150. The number of carbonyl (C=O) groups is 1. The molecule has 4 heteroatoms. The predicted octanol–water partition coefficient (Wildman–Crippen LogP) is 0.982. The van der Waals surface area contributed by atoms with Gasteiger partial charge in [-0.15, -0.1) is 0 Å². The van der Waals surface area contributed by atoms with E-state index in [4.69, 9.17) is 4.74 Å². The Morgan fingerprint density at radius 3 is 2.64 bits per heavy atom. The van der Waals surface area contributed by atoms with Gasteiger partial charge in [0.1, 0.15) is 0 Å². The molecule has 0 fully saturated rings. The van der Waals surface area contributed by atoms with Crippen LogP contribution in [-0.2, 0) is 9.53 Å². The van der Waals surface area contributed by atoms with E-state index >= 15 is 0 Å². The van der Waals surface area contributed by atoms with Crippen LogP contribution in [0.3, 0.4) is 0 Å². The molecule has 0 saturated carbocycles. The van der Waals surface area contributed by atoms with Gasteiger partial charge in [0.2, 0.25) is 0 Å². The molecule has 0 spiro atoms. The van der Waals surface area contributed by atoms with Crippen LogP contribution in [0, 0.1) is 5.92 Å². The van der Waals surface area contributed by atoms with Gasteiger partial charge in [0.05, 0.1) is 18.6 Å². The molecule has 0 aliphatic heterocycles. The summed E-state index contributed by atoms with van der Waals surface area (Å²) in [6.45, 7) is 3.79. The highest BCUT2D eigenvalue weighted by atomic mass is 127. The van der Waals surface area contributed by atoms with Gasteiger partial charge < -0.3 is 9.84 Å². The second-order valence-corrected chi connectivity index (χ2v) is 3.14. The Labute approximate surface area is 80.3 Å². The van der Waals surface area contributed by atoms with Crippen LogP contribution in [0.2, 0.25) is 0 Å². The lowest BCUT2D eigenvalue weighted by Crippen LogP contribution is -2.28. The van der Waals surface area contributed by atoms with Crippen molar-refractivity contribution in [3.63, 3.8) is 0 Å². The third kappa shape index (κ3) is 3.91. The zero-order chi connectivity index (χ0) is 8.85. The fourth-order valence-corrected chi connectivity index (χ4v) is 1.33. The van der Waals surface area contributed by atoms with Crippen molar-refractivity contribution < 1.29 is 14.6 Å². The van der Waals surface area contributed by atoms with Crippen LogP contribution >= 0.6 is 22.6 Å². The topological polar surface area (TPSA) is 46.5 Å². The third-order valence-electron chi connectivity index (χ3n) is 1.39. The van der Waals surface area contributed by atoms with Crippen molar-refractivity contribution in [2.45, 2.75) is 20.0 Å². The second kappa shape index (κ2) is 5.77. The molecule has 11 heavy (non-hydrogen) atoms. The number of aliphatic hydroxyl groups excluding tert-OH is 1. The molecule has 1 N–H and O–H groups in total. The zero-order valence-corrected chi connectivity index (χ0v) is 8.87. The summed E-state index contributed by atoms with van der Waals surface area (Å²) < 4.78 is 5.28. The Kier molecular flexibility index (Phi) is 5.85. The SMILES string of the molecule is CCOC(=O)[C@@H](C)[C@@H](O)CI. The number of aliphatic hydroxyl groups is 1. The van der Waals surface area contributed by atoms with Crippen molar-refractivity contribution in [2.75, 3.05) is 11.0 Å². The summed E-state index contributed by atoms with van der Waals surface area (Å²) >= 11 is 2.03. The number of carbonyl (C=O) groups excluding carboxylic acids is 1. The fraction of sp³-hybridized carbons (Fsp3) is 0.857. The average Bonchev–Trinajstić information content (AvgIpc) is 2.02. The number of hydrogen-bond donors (Lipinski definition) is 1. The molecule has 0 bridgehead atoms. The molecule has 0 aromatic carbocycles. The van der Waals surface area contributed by atoms with Crippen LogP contribution < -0.4 is 0 Å². The van der Waals surface area contributed by atoms with E-state index in [2.05, 4.69) is 0 Å². The van der Waals surface area contributed by atoms with E-state index in [1.54, 1.807) is 13.8 Å². The fourth-order valence-electron chi connectivity index (χ4n) is 0.564. The van der Waals surface area contributed by atoms with Gasteiger partial charge >= 0.3 is 5.97 Å². The normalized spacial score (nSPS) is 15.6. The van der Waals surface area contributed by atoms with Gasteiger partial charge in [0, 0.05) is 4.43 Å². The molecule has 66 valence electrons. The quantitative estimate of drug-likeness (QED) is 0.471. The lowest BCUT2D eigenvalue weighted by atomic mass is 10.1. The molecule has 0 radical (unpaired) electrons. The highest BCUT2D eigenvalue weighted by Gasteiger charge is 2.21. The Bertz CT molecular complexity index is 127. The number of hydrogen-bond acceptors (Lipinski definition) is 3. The molecule has 0 heterocycles. The smallest absolute Gasteiger partial charge is 0.311 e. The van der Waals surface area contributed by atoms with Crippen LogP contribution in [0.15, 0.2) is 0 Å². The Hall–Kier alpha value is 0.160. The predicted molar refractivity (Wildman–Crippen MR) is 50.7 cm³/mol. The van der Waals surface area contributed by atoms with E-state index in [1.807, 2.05) is 22.6 Å². The molecule has 0 aliphatic carbocycles. The summed E-state index contributed by atoms with van der Waals surface area (Å²) in [5, 5.41) is 9.22. The minimum absolute atomic E-state index is 0.323. The van der Waals surface area contributed by atoms with Crippen molar-refractivity contribution in [1.82, 2.24) is 0 Å². The Morgan fingerprint density at radius 2 is 2.27 bits per heavy atom. The highest BCUT2D eigenvalue weighted by molar-refractivity contribution is 14.1.